The van der Waals surface area contributed by atoms with Gasteiger partial charge >= 0.3 is 0 Å². The Bertz CT molecular complexity index is 473. The van der Waals surface area contributed by atoms with Gasteiger partial charge in [-0.25, -0.2) is 0 Å². The Morgan fingerprint density at radius 3 is 2.78 bits per heavy atom. The van der Waals surface area contributed by atoms with Crippen molar-refractivity contribution in [3.8, 4) is 6.07 Å². The Labute approximate surface area is 112 Å². The smallest absolute Gasteiger partial charge is 0.241 e. The van der Waals surface area contributed by atoms with Crippen LogP contribution in [0.25, 0.3) is 0 Å². The molecule has 0 saturated heterocycles. The highest BCUT2D eigenvalue weighted by Crippen LogP contribution is 2.31. The fourth-order valence-electron chi connectivity index (χ4n) is 1.61. The van der Waals surface area contributed by atoms with Crippen molar-refractivity contribution >= 4 is 22.2 Å². The topological polar surface area (TPSA) is 78.9 Å². The summed E-state index contributed by atoms with van der Waals surface area (Å²) in [4.78, 5) is 12.9. The molecule has 0 radical (unpaired) electrons. The maximum Gasteiger partial charge on any atom is 0.241 e. The van der Waals surface area contributed by atoms with E-state index in [1.807, 2.05) is 13.8 Å². The zero-order valence-electron chi connectivity index (χ0n) is 11.0. The second-order valence-electron chi connectivity index (χ2n) is 4.34. The van der Waals surface area contributed by atoms with E-state index >= 15 is 0 Å². The van der Waals surface area contributed by atoms with Crippen molar-refractivity contribution in [3.05, 3.63) is 16.0 Å². The maximum absolute atomic E-state index is 11.9. The molecule has 0 aliphatic rings. The molecule has 0 spiro atoms. The molecular weight excluding hydrogens is 246 g/mol. The lowest BCUT2D eigenvalue weighted by Crippen LogP contribution is -2.35. The van der Waals surface area contributed by atoms with Crippen molar-refractivity contribution in [3.63, 3.8) is 0 Å². The number of anilines is 1. The molecule has 3 N–H and O–H groups in total. The van der Waals surface area contributed by atoms with E-state index in [9.17, 15) is 4.79 Å². The van der Waals surface area contributed by atoms with Crippen LogP contribution in [0.3, 0.4) is 0 Å². The third-order valence-electron chi connectivity index (χ3n) is 2.94. The number of nitrogens with one attached hydrogen (secondary N) is 1. The number of hydrogen-bond acceptors (Lipinski definition) is 4. The number of carbonyl (C=O) groups is 1. The van der Waals surface area contributed by atoms with Crippen LogP contribution in [0.4, 0.5) is 5.00 Å². The second kappa shape index (κ2) is 6.53. The van der Waals surface area contributed by atoms with Gasteiger partial charge in [-0.05, 0) is 25.8 Å². The van der Waals surface area contributed by atoms with E-state index in [0.29, 0.717) is 17.0 Å². The average Bonchev–Trinajstić information content (AvgIpc) is 2.61. The van der Waals surface area contributed by atoms with Crippen molar-refractivity contribution in [2.45, 2.75) is 46.1 Å². The van der Waals surface area contributed by atoms with E-state index in [-0.39, 0.29) is 5.91 Å². The van der Waals surface area contributed by atoms with Gasteiger partial charge in [0.25, 0.3) is 0 Å². The first kappa shape index (κ1) is 14.7. The lowest BCUT2D eigenvalue weighted by Gasteiger charge is -2.10. The molecule has 5 heteroatoms. The average molecular weight is 265 g/mol. The summed E-state index contributed by atoms with van der Waals surface area (Å²) in [6.07, 6.45) is 2.62. The van der Waals surface area contributed by atoms with Gasteiger partial charge in [-0.15, -0.1) is 11.3 Å². The largest absolute Gasteiger partial charge is 0.320 e. The van der Waals surface area contributed by atoms with E-state index in [1.165, 1.54) is 11.3 Å². The first-order chi connectivity index (χ1) is 8.51. The van der Waals surface area contributed by atoms with Crippen LogP contribution < -0.4 is 11.1 Å². The summed E-state index contributed by atoms with van der Waals surface area (Å²) >= 11 is 1.43. The molecule has 4 nitrogen and oxygen atoms in total. The quantitative estimate of drug-likeness (QED) is 0.859. The third kappa shape index (κ3) is 3.31. The van der Waals surface area contributed by atoms with Gasteiger partial charge in [0.1, 0.15) is 11.1 Å². The molecule has 0 aromatic carbocycles. The number of nitrogens with two attached hydrogens (primary N) is 1. The van der Waals surface area contributed by atoms with Gasteiger partial charge in [-0.3, -0.25) is 4.79 Å². The van der Waals surface area contributed by atoms with Gasteiger partial charge in [-0.1, -0.05) is 19.8 Å². The van der Waals surface area contributed by atoms with Crippen molar-refractivity contribution in [2.75, 3.05) is 5.32 Å². The summed E-state index contributed by atoms with van der Waals surface area (Å²) < 4.78 is 0. The van der Waals surface area contributed by atoms with E-state index in [4.69, 9.17) is 11.0 Å². The summed E-state index contributed by atoms with van der Waals surface area (Å²) in [6, 6.07) is 1.63. The Hall–Kier alpha value is -1.38. The van der Waals surface area contributed by atoms with Gasteiger partial charge in [0.05, 0.1) is 11.6 Å². The number of nitriles is 1. The molecule has 1 unspecified atom stereocenters. The molecule has 0 aliphatic heterocycles. The standard InChI is InChI=1S/C13H19N3OS/c1-4-5-6-11(15)12(17)16-13-10(7-14)8(2)9(3)18-13/h11H,4-6,15H2,1-3H3,(H,16,17). The molecule has 0 bridgehead atoms. The molecule has 0 fully saturated rings. The minimum Gasteiger partial charge on any atom is -0.320 e. The van der Waals surface area contributed by atoms with Crippen LogP contribution in [0.15, 0.2) is 0 Å². The van der Waals surface area contributed by atoms with E-state index < -0.39 is 6.04 Å². The summed E-state index contributed by atoms with van der Waals surface area (Å²) in [6.45, 7) is 5.88. The number of hydrogen-bond donors (Lipinski definition) is 2. The molecule has 1 aromatic rings. The van der Waals surface area contributed by atoms with Crippen LogP contribution in [0.1, 0.15) is 42.2 Å². The van der Waals surface area contributed by atoms with E-state index in [0.717, 1.165) is 23.3 Å². The number of aryl methyl sites for hydroxylation is 1. The fourth-order valence-corrected chi connectivity index (χ4v) is 2.62. The zero-order chi connectivity index (χ0) is 13.7. The second-order valence-corrected chi connectivity index (χ2v) is 5.56. The lowest BCUT2D eigenvalue weighted by atomic mass is 10.1. The van der Waals surface area contributed by atoms with Crippen LogP contribution >= 0.6 is 11.3 Å². The van der Waals surface area contributed by atoms with Gasteiger partial charge in [0.15, 0.2) is 0 Å². The van der Waals surface area contributed by atoms with Gasteiger partial charge in [0, 0.05) is 4.88 Å². The van der Waals surface area contributed by atoms with Crippen LogP contribution in [0, 0.1) is 25.2 Å². The van der Waals surface area contributed by atoms with Crippen molar-refractivity contribution < 1.29 is 4.79 Å². The lowest BCUT2D eigenvalue weighted by molar-refractivity contribution is -0.117. The van der Waals surface area contributed by atoms with Gasteiger partial charge < -0.3 is 11.1 Å². The van der Waals surface area contributed by atoms with Gasteiger partial charge in [0.2, 0.25) is 5.91 Å². The molecule has 0 saturated carbocycles. The highest BCUT2D eigenvalue weighted by molar-refractivity contribution is 7.16. The molecule has 1 heterocycles. The SMILES string of the molecule is CCCCC(N)C(=O)Nc1sc(C)c(C)c1C#N. The summed E-state index contributed by atoms with van der Waals surface area (Å²) in [5.41, 5.74) is 7.28. The normalized spacial score (nSPS) is 11.9. The molecular formula is C13H19N3OS. The van der Waals surface area contributed by atoms with E-state index in [1.54, 1.807) is 0 Å². The molecule has 1 atom stereocenters. The molecule has 1 rings (SSSR count). The van der Waals surface area contributed by atoms with Crippen LogP contribution in [-0.4, -0.2) is 11.9 Å². The summed E-state index contributed by atoms with van der Waals surface area (Å²) in [5, 5.41) is 12.5. The molecule has 18 heavy (non-hydrogen) atoms. The Morgan fingerprint density at radius 2 is 2.22 bits per heavy atom. The highest BCUT2D eigenvalue weighted by Gasteiger charge is 2.18. The number of thiophene rings is 1. The van der Waals surface area contributed by atoms with Crippen LogP contribution in [-0.2, 0) is 4.79 Å². The van der Waals surface area contributed by atoms with E-state index in [2.05, 4.69) is 18.3 Å². The highest BCUT2D eigenvalue weighted by atomic mass is 32.1. The minimum absolute atomic E-state index is 0.207. The van der Waals surface area contributed by atoms with Crippen LogP contribution in [0.5, 0.6) is 0 Å². The number of unbranched alkanes of at least 4 members (excludes halogenated alkanes) is 1. The van der Waals surface area contributed by atoms with Crippen LogP contribution in [0.2, 0.25) is 0 Å². The molecule has 1 aromatic heterocycles. The Morgan fingerprint density at radius 1 is 1.56 bits per heavy atom. The number of nitrogens with zero attached hydrogens (tertiary/aromatic N) is 1. The Balaban J connectivity index is 2.76. The number of amides is 1. The first-order valence-electron chi connectivity index (χ1n) is 6.07. The third-order valence-corrected chi connectivity index (χ3v) is 4.06. The minimum atomic E-state index is -0.501. The monoisotopic (exact) mass is 265 g/mol. The number of carbonyl (C=O) groups excluding carboxylic acids is 1. The summed E-state index contributed by atoms with van der Waals surface area (Å²) in [7, 11) is 0. The zero-order valence-corrected chi connectivity index (χ0v) is 11.9. The van der Waals surface area contributed by atoms with Crippen molar-refractivity contribution in [1.29, 1.82) is 5.26 Å². The predicted molar refractivity (Wildman–Crippen MR) is 74.6 cm³/mol. The molecule has 1 amide bonds. The predicted octanol–water partition coefficient (Wildman–Crippen LogP) is 2.69. The van der Waals surface area contributed by atoms with Crippen molar-refractivity contribution in [1.82, 2.24) is 0 Å². The maximum atomic E-state index is 11.9. The molecule has 98 valence electrons. The Kier molecular flexibility index (Phi) is 5.32. The van der Waals surface area contributed by atoms with Crippen molar-refractivity contribution in [2.24, 2.45) is 5.73 Å². The molecule has 0 aliphatic carbocycles. The fraction of sp³-hybridized carbons (Fsp3) is 0.538. The number of rotatable bonds is 5. The first-order valence-corrected chi connectivity index (χ1v) is 6.89. The summed E-state index contributed by atoms with van der Waals surface area (Å²) in [5.74, 6) is -0.207. The van der Waals surface area contributed by atoms with Gasteiger partial charge in [-0.2, -0.15) is 5.26 Å².